The van der Waals surface area contributed by atoms with E-state index in [2.05, 4.69) is 0 Å². The molecular weight excluding hydrogens is 441 g/mol. The van der Waals surface area contributed by atoms with Crippen molar-refractivity contribution in [1.29, 1.82) is 0 Å². The van der Waals surface area contributed by atoms with Gasteiger partial charge in [-0.15, -0.1) is 0 Å². The van der Waals surface area contributed by atoms with E-state index in [0.717, 1.165) is 24.3 Å². The summed E-state index contributed by atoms with van der Waals surface area (Å²) in [5, 5.41) is 0. The van der Waals surface area contributed by atoms with Crippen LogP contribution in [0.25, 0.3) is 0 Å². The Morgan fingerprint density at radius 2 is 1.71 bits per heavy atom. The van der Waals surface area contributed by atoms with Crippen LogP contribution in [0.3, 0.4) is 0 Å². The van der Waals surface area contributed by atoms with Crippen LogP contribution in [0.1, 0.15) is 30.4 Å². The van der Waals surface area contributed by atoms with Crippen molar-refractivity contribution in [3.05, 3.63) is 59.2 Å². The van der Waals surface area contributed by atoms with Crippen LogP contribution in [0.2, 0.25) is 0 Å². The number of nitrogens with two attached hydrogens (primary N) is 1. The van der Waals surface area contributed by atoms with E-state index in [-0.39, 0.29) is 30.4 Å². The van der Waals surface area contributed by atoms with Crippen molar-refractivity contribution < 1.29 is 35.1 Å². The summed E-state index contributed by atoms with van der Waals surface area (Å²) in [6.07, 6.45) is -3.69. The molecule has 4 nitrogen and oxygen atoms in total. The van der Waals surface area contributed by atoms with Gasteiger partial charge in [0.05, 0.1) is 22.6 Å². The molecule has 2 aromatic carbocycles. The Labute approximate surface area is 176 Å². The molecule has 168 valence electrons. The molecule has 1 heterocycles. The maximum absolute atomic E-state index is 15.1. The second-order valence-electron chi connectivity index (χ2n) is 7.95. The Balaban J connectivity index is 1.97. The summed E-state index contributed by atoms with van der Waals surface area (Å²) >= 11 is 0. The van der Waals surface area contributed by atoms with Crippen molar-refractivity contribution >= 4 is 9.84 Å². The van der Waals surface area contributed by atoms with Gasteiger partial charge in [-0.05, 0) is 61.7 Å². The first-order valence-electron chi connectivity index (χ1n) is 9.77. The fraction of sp³-hybridized carbons (Fsp3) is 0.429. The van der Waals surface area contributed by atoms with Gasteiger partial charge in [-0.2, -0.15) is 13.2 Å². The van der Waals surface area contributed by atoms with Gasteiger partial charge in [-0.25, -0.2) is 17.2 Å². The predicted molar refractivity (Wildman–Crippen MR) is 102 cm³/mol. The van der Waals surface area contributed by atoms with Crippen molar-refractivity contribution in [3.63, 3.8) is 0 Å². The quantitative estimate of drug-likeness (QED) is 0.688. The Kier molecular flexibility index (Phi) is 5.28. The maximum atomic E-state index is 15.1. The molecule has 0 spiro atoms. The first kappa shape index (κ1) is 22.0. The number of sulfone groups is 1. The monoisotopic (exact) mass is 461 g/mol. The summed E-state index contributed by atoms with van der Waals surface area (Å²) in [5.41, 5.74) is 4.46. The molecule has 1 aliphatic carbocycles. The van der Waals surface area contributed by atoms with Gasteiger partial charge in [0.1, 0.15) is 10.6 Å². The molecule has 0 saturated heterocycles. The average molecular weight is 461 g/mol. The number of rotatable bonds is 3. The number of hydrogen-bond acceptors (Lipinski definition) is 4. The molecule has 1 fully saturated rings. The normalized spacial score (nSPS) is 26.0. The van der Waals surface area contributed by atoms with Crippen LogP contribution >= 0.6 is 0 Å². The van der Waals surface area contributed by atoms with Gasteiger partial charge in [-0.3, -0.25) is 0 Å². The van der Waals surface area contributed by atoms with E-state index in [9.17, 15) is 26.0 Å². The minimum atomic E-state index is -4.64. The fourth-order valence-corrected chi connectivity index (χ4v) is 7.45. The molecule has 31 heavy (non-hydrogen) atoms. The van der Waals surface area contributed by atoms with E-state index in [0.29, 0.717) is 25.0 Å². The molecule has 2 N–H and O–H groups in total. The lowest BCUT2D eigenvalue weighted by molar-refractivity contribution is -0.137. The van der Waals surface area contributed by atoms with Crippen LogP contribution in [0, 0.1) is 23.5 Å². The van der Waals surface area contributed by atoms with Gasteiger partial charge in [-0.1, -0.05) is 6.42 Å². The molecule has 0 radical (unpaired) electrons. The highest BCUT2D eigenvalue weighted by Gasteiger charge is 2.60. The molecule has 2 aromatic rings. The van der Waals surface area contributed by atoms with Crippen LogP contribution in [0.4, 0.5) is 22.0 Å². The number of halogens is 5. The Hall–Kier alpha value is -2.20. The second kappa shape index (κ2) is 7.44. The standard InChI is InChI=1S/C21H20F5NO3S/c22-16-7-8-17(23)19-18(16)20(9-1-2-12(10-27)15(20)11-30-19)31(28,29)14-5-3-13(4-6-14)21(24,25)26/h3-8,12,15H,1-2,9-11,27H2/t12-,15-,20-/m0/s1. The van der Waals surface area contributed by atoms with E-state index in [1.54, 1.807) is 0 Å². The largest absolute Gasteiger partial charge is 0.490 e. The third kappa shape index (κ3) is 3.22. The van der Waals surface area contributed by atoms with Crippen molar-refractivity contribution in [2.75, 3.05) is 13.2 Å². The summed E-state index contributed by atoms with van der Waals surface area (Å²) in [5.74, 6) is -3.42. The Bertz CT molecular complexity index is 1100. The molecule has 0 bridgehead atoms. The topological polar surface area (TPSA) is 69.4 Å². The van der Waals surface area contributed by atoms with Gasteiger partial charge in [0.15, 0.2) is 21.4 Å². The summed E-state index contributed by atoms with van der Waals surface area (Å²) in [6.45, 7) is -0.0698. The lowest BCUT2D eigenvalue weighted by Crippen LogP contribution is -2.55. The van der Waals surface area contributed by atoms with E-state index < -0.39 is 55.2 Å². The van der Waals surface area contributed by atoms with E-state index in [1.807, 2.05) is 0 Å². The lowest BCUT2D eigenvalue weighted by Gasteiger charge is -2.50. The Morgan fingerprint density at radius 3 is 2.32 bits per heavy atom. The molecule has 1 aliphatic heterocycles. The average Bonchev–Trinajstić information content (AvgIpc) is 2.74. The second-order valence-corrected chi connectivity index (χ2v) is 10.2. The third-order valence-corrected chi connectivity index (χ3v) is 9.02. The number of ether oxygens (including phenoxy) is 1. The van der Waals surface area contributed by atoms with Crippen molar-refractivity contribution in [2.45, 2.75) is 35.1 Å². The van der Waals surface area contributed by atoms with Gasteiger partial charge in [0, 0.05) is 5.92 Å². The van der Waals surface area contributed by atoms with Crippen LogP contribution < -0.4 is 10.5 Å². The Morgan fingerprint density at radius 1 is 1.06 bits per heavy atom. The van der Waals surface area contributed by atoms with E-state index in [1.165, 1.54) is 0 Å². The molecule has 2 aliphatic rings. The molecule has 10 heteroatoms. The maximum Gasteiger partial charge on any atom is 0.416 e. The predicted octanol–water partition coefficient (Wildman–Crippen LogP) is 4.42. The zero-order valence-electron chi connectivity index (χ0n) is 16.3. The van der Waals surface area contributed by atoms with Gasteiger partial charge >= 0.3 is 6.18 Å². The molecule has 4 rings (SSSR count). The number of hydrogen-bond donors (Lipinski definition) is 1. The molecular formula is C21H20F5NO3S. The molecule has 0 aromatic heterocycles. The van der Waals surface area contributed by atoms with E-state index >= 15 is 4.39 Å². The highest BCUT2D eigenvalue weighted by molar-refractivity contribution is 7.92. The van der Waals surface area contributed by atoms with Gasteiger partial charge < -0.3 is 10.5 Å². The summed E-state index contributed by atoms with van der Waals surface area (Å²) < 4.78 is 99.9. The van der Waals surface area contributed by atoms with Gasteiger partial charge in [0.2, 0.25) is 0 Å². The molecule has 1 saturated carbocycles. The highest BCUT2D eigenvalue weighted by atomic mass is 32.2. The van der Waals surface area contributed by atoms with Crippen LogP contribution in [-0.4, -0.2) is 21.6 Å². The number of fused-ring (bicyclic) bond motifs is 3. The number of benzene rings is 2. The highest BCUT2D eigenvalue weighted by Crippen LogP contribution is 2.57. The SMILES string of the molecule is NC[C@@H]1CCC[C@@]2(S(=O)(=O)c3ccc(C(F)(F)F)cc3)c3c(F)ccc(F)c3OC[C@@H]12. The summed E-state index contributed by atoms with van der Waals surface area (Å²) in [4.78, 5) is -0.389. The first-order chi connectivity index (χ1) is 14.5. The smallest absolute Gasteiger partial charge is 0.416 e. The zero-order chi connectivity index (χ0) is 22.6. The van der Waals surface area contributed by atoms with E-state index in [4.69, 9.17) is 10.5 Å². The van der Waals surface area contributed by atoms with Crippen LogP contribution in [0.5, 0.6) is 5.75 Å². The fourth-order valence-electron chi connectivity index (χ4n) is 5.00. The third-order valence-electron chi connectivity index (χ3n) is 6.45. The van der Waals surface area contributed by atoms with Gasteiger partial charge in [0.25, 0.3) is 0 Å². The van der Waals surface area contributed by atoms with Crippen LogP contribution in [0.15, 0.2) is 41.3 Å². The number of alkyl halides is 3. The molecule has 3 atom stereocenters. The van der Waals surface area contributed by atoms with Crippen molar-refractivity contribution in [1.82, 2.24) is 0 Å². The molecule has 0 amide bonds. The minimum Gasteiger partial charge on any atom is -0.490 e. The van der Waals surface area contributed by atoms with Crippen molar-refractivity contribution in [3.8, 4) is 5.75 Å². The lowest BCUT2D eigenvalue weighted by atomic mass is 9.67. The summed E-state index contributed by atoms with van der Waals surface area (Å²) in [7, 11) is -4.45. The molecule has 0 unspecified atom stereocenters. The zero-order valence-corrected chi connectivity index (χ0v) is 17.1. The van der Waals surface area contributed by atoms with Crippen molar-refractivity contribution in [2.24, 2.45) is 17.6 Å². The van der Waals surface area contributed by atoms with Crippen LogP contribution in [-0.2, 0) is 20.8 Å². The first-order valence-corrected chi connectivity index (χ1v) is 11.3. The summed E-state index contributed by atoms with van der Waals surface area (Å²) in [6, 6.07) is 4.77. The minimum absolute atomic E-state index is 0.0196.